The first-order valence-electron chi connectivity index (χ1n) is 7.19. The summed E-state index contributed by atoms with van der Waals surface area (Å²) < 4.78 is 12.5. The van der Waals surface area contributed by atoms with Gasteiger partial charge in [-0.25, -0.2) is 0 Å². The Balaban J connectivity index is 1.97. The molecule has 0 atom stereocenters. The summed E-state index contributed by atoms with van der Waals surface area (Å²) in [7, 11) is 3.15. The molecule has 0 spiro atoms. The van der Waals surface area contributed by atoms with E-state index in [1.165, 1.54) is 0 Å². The van der Waals surface area contributed by atoms with Crippen LogP contribution in [0.25, 0.3) is 0 Å². The number of amides is 1. The topological polar surface area (TPSA) is 52.5 Å². The maximum atomic E-state index is 12.1. The van der Waals surface area contributed by atoms with Crippen LogP contribution in [0.4, 0.5) is 5.69 Å². The maximum Gasteiger partial charge on any atom is 0.226 e. The van der Waals surface area contributed by atoms with Gasteiger partial charge in [-0.15, -0.1) is 0 Å². The molecule has 1 heterocycles. The molecule has 1 N–H and O–H groups in total. The maximum absolute atomic E-state index is 12.1. The Morgan fingerprint density at radius 1 is 1.05 bits per heavy atom. The summed E-state index contributed by atoms with van der Waals surface area (Å²) in [5.74, 6) is 1.20. The Kier molecular flexibility index (Phi) is 5.09. The van der Waals surface area contributed by atoms with Gasteiger partial charge in [-0.1, -0.05) is 0 Å². The lowest BCUT2D eigenvalue weighted by Crippen LogP contribution is -2.15. The van der Waals surface area contributed by atoms with Gasteiger partial charge in [0.05, 0.1) is 14.2 Å². The molecule has 0 fully saturated rings. The predicted molar refractivity (Wildman–Crippen MR) is 86.7 cm³/mol. The van der Waals surface area contributed by atoms with E-state index in [9.17, 15) is 4.79 Å². The highest BCUT2D eigenvalue weighted by Gasteiger charge is 2.08. The van der Waals surface area contributed by atoms with Gasteiger partial charge < -0.3 is 19.4 Å². The Morgan fingerprint density at radius 2 is 1.68 bits per heavy atom. The van der Waals surface area contributed by atoms with E-state index in [0.29, 0.717) is 30.2 Å². The summed E-state index contributed by atoms with van der Waals surface area (Å²) in [6.07, 6.45) is 0.421. The van der Waals surface area contributed by atoms with Crippen molar-refractivity contribution in [2.24, 2.45) is 0 Å². The fraction of sp³-hybridized carbons (Fsp3) is 0.353. The molecule has 2 rings (SSSR count). The minimum absolute atomic E-state index is 0.0280. The molecule has 118 valence electrons. The van der Waals surface area contributed by atoms with Crippen LogP contribution in [-0.2, 0) is 11.3 Å². The molecule has 0 saturated heterocycles. The van der Waals surface area contributed by atoms with Gasteiger partial charge in [-0.3, -0.25) is 4.79 Å². The zero-order valence-electron chi connectivity index (χ0n) is 13.5. The number of nitrogens with one attached hydrogen (secondary N) is 1. The molecular weight excluding hydrogens is 280 g/mol. The number of hydrogen-bond donors (Lipinski definition) is 1. The molecule has 0 aliphatic heterocycles. The number of anilines is 1. The van der Waals surface area contributed by atoms with Gasteiger partial charge >= 0.3 is 0 Å². The number of carbonyl (C=O) groups excluding carboxylic acids is 1. The second kappa shape index (κ2) is 7.02. The molecule has 1 amide bonds. The van der Waals surface area contributed by atoms with Gasteiger partial charge in [0, 0.05) is 36.1 Å². The first-order chi connectivity index (χ1) is 10.5. The van der Waals surface area contributed by atoms with Gasteiger partial charge in [0.15, 0.2) is 11.5 Å². The van der Waals surface area contributed by atoms with E-state index >= 15 is 0 Å². The lowest BCUT2D eigenvalue weighted by molar-refractivity contribution is -0.116. The summed E-state index contributed by atoms with van der Waals surface area (Å²) in [5, 5.41) is 2.88. The number of benzene rings is 1. The molecule has 0 radical (unpaired) electrons. The summed E-state index contributed by atoms with van der Waals surface area (Å²) >= 11 is 0. The van der Waals surface area contributed by atoms with Gasteiger partial charge in [0.1, 0.15) is 0 Å². The quantitative estimate of drug-likeness (QED) is 0.892. The van der Waals surface area contributed by atoms with Crippen LogP contribution in [-0.4, -0.2) is 24.7 Å². The van der Waals surface area contributed by atoms with Gasteiger partial charge in [-0.05, 0) is 38.1 Å². The number of nitrogens with zero attached hydrogens (tertiary/aromatic N) is 1. The van der Waals surface area contributed by atoms with Crippen LogP contribution < -0.4 is 14.8 Å². The van der Waals surface area contributed by atoms with Crippen molar-refractivity contribution in [3.05, 3.63) is 41.7 Å². The van der Waals surface area contributed by atoms with Gasteiger partial charge in [-0.2, -0.15) is 0 Å². The zero-order chi connectivity index (χ0) is 16.1. The van der Waals surface area contributed by atoms with E-state index in [0.717, 1.165) is 11.4 Å². The van der Waals surface area contributed by atoms with E-state index in [1.54, 1.807) is 32.4 Å². The number of ether oxygens (including phenoxy) is 2. The molecule has 1 aromatic carbocycles. The molecule has 0 saturated carbocycles. The molecule has 1 aromatic heterocycles. The van der Waals surface area contributed by atoms with Crippen LogP contribution in [0.5, 0.6) is 11.5 Å². The molecule has 22 heavy (non-hydrogen) atoms. The van der Waals surface area contributed by atoms with Crippen LogP contribution in [0.15, 0.2) is 30.3 Å². The van der Waals surface area contributed by atoms with E-state index < -0.39 is 0 Å². The van der Waals surface area contributed by atoms with E-state index in [1.807, 2.05) is 13.8 Å². The Bertz CT molecular complexity index is 642. The van der Waals surface area contributed by atoms with Gasteiger partial charge in [0.2, 0.25) is 5.91 Å². The summed E-state index contributed by atoms with van der Waals surface area (Å²) in [6, 6.07) is 9.44. The summed E-state index contributed by atoms with van der Waals surface area (Å²) in [5.41, 5.74) is 3.02. The van der Waals surface area contributed by atoms with Crippen molar-refractivity contribution in [2.75, 3.05) is 19.5 Å². The van der Waals surface area contributed by atoms with Crippen LogP contribution >= 0.6 is 0 Å². The average Bonchev–Trinajstić information content (AvgIpc) is 2.83. The monoisotopic (exact) mass is 302 g/mol. The van der Waals surface area contributed by atoms with Crippen LogP contribution in [0.1, 0.15) is 17.8 Å². The van der Waals surface area contributed by atoms with Crippen LogP contribution in [0, 0.1) is 13.8 Å². The average molecular weight is 302 g/mol. The van der Waals surface area contributed by atoms with E-state index in [-0.39, 0.29) is 5.91 Å². The number of rotatable bonds is 6. The second-order valence-corrected chi connectivity index (χ2v) is 5.14. The lowest BCUT2D eigenvalue weighted by Gasteiger charge is -2.12. The SMILES string of the molecule is COc1ccc(NC(=O)CCn2c(C)ccc2C)cc1OC. The lowest BCUT2D eigenvalue weighted by atomic mass is 10.2. The highest BCUT2D eigenvalue weighted by molar-refractivity contribution is 5.91. The fourth-order valence-corrected chi connectivity index (χ4v) is 2.40. The number of methoxy groups -OCH3 is 2. The van der Waals surface area contributed by atoms with Crippen molar-refractivity contribution in [1.29, 1.82) is 0 Å². The Labute approximate surface area is 130 Å². The summed E-state index contributed by atoms with van der Waals surface area (Å²) in [4.78, 5) is 12.1. The van der Waals surface area contributed by atoms with Crippen molar-refractivity contribution >= 4 is 11.6 Å². The van der Waals surface area contributed by atoms with Crippen molar-refractivity contribution < 1.29 is 14.3 Å². The molecular formula is C17H22N2O3. The second-order valence-electron chi connectivity index (χ2n) is 5.14. The fourth-order valence-electron chi connectivity index (χ4n) is 2.40. The van der Waals surface area contributed by atoms with Crippen molar-refractivity contribution in [3.8, 4) is 11.5 Å². The third kappa shape index (κ3) is 3.61. The minimum atomic E-state index is -0.0280. The normalized spacial score (nSPS) is 10.4. The first-order valence-corrected chi connectivity index (χ1v) is 7.19. The highest BCUT2D eigenvalue weighted by Crippen LogP contribution is 2.29. The molecule has 2 aromatic rings. The van der Waals surface area contributed by atoms with Crippen molar-refractivity contribution in [1.82, 2.24) is 4.57 Å². The van der Waals surface area contributed by atoms with Crippen molar-refractivity contribution in [3.63, 3.8) is 0 Å². The number of hydrogen-bond acceptors (Lipinski definition) is 3. The van der Waals surface area contributed by atoms with Gasteiger partial charge in [0.25, 0.3) is 0 Å². The molecule has 5 heteroatoms. The highest BCUT2D eigenvalue weighted by atomic mass is 16.5. The Hall–Kier alpha value is -2.43. The van der Waals surface area contributed by atoms with Crippen LogP contribution in [0.3, 0.4) is 0 Å². The molecule has 0 unspecified atom stereocenters. The number of aromatic nitrogens is 1. The predicted octanol–water partition coefficient (Wildman–Crippen LogP) is 3.15. The Morgan fingerprint density at radius 3 is 2.27 bits per heavy atom. The third-order valence-corrected chi connectivity index (χ3v) is 3.65. The zero-order valence-corrected chi connectivity index (χ0v) is 13.5. The molecule has 0 aliphatic carbocycles. The van der Waals surface area contributed by atoms with Crippen LogP contribution in [0.2, 0.25) is 0 Å². The largest absolute Gasteiger partial charge is 0.493 e. The third-order valence-electron chi connectivity index (χ3n) is 3.65. The number of aryl methyl sites for hydroxylation is 2. The smallest absolute Gasteiger partial charge is 0.226 e. The van der Waals surface area contributed by atoms with E-state index in [4.69, 9.17) is 9.47 Å². The molecule has 5 nitrogen and oxygen atoms in total. The number of carbonyl (C=O) groups is 1. The summed E-state index contributed by atoms with van der Waals surface area (Å²) in [6.45, 7) is 4.75. The molecule has 0 aliphatic rings. The van der Waals surface area contributed by atoms with Crippen molar-refractivity contribution in [2.45, 2.75) is 26.8 Å². The first kappa shape index (κ1) is 15.9. The molecule has 0 bridgehead atoms. The minimum Gasteiger partial charge on any atom is -0.493 e. The van der Waals surface area contributed by atoms with E-state index in [2.05, 4.69) is 22.0 Å². The standard InChI is InChI=1S/C17H22N2O3/c1-12-5-6-13(2)19(12)10-9-17(20)18-14-7-8-15(21-3)16(11-14)22-4/h5-8,11H,9-10H2,1-4H3,(H,18,20).